The van der Waals surface area contributed by atoms with Crippen LogP contribution in [0.15, 0.2) is 0 Å². The second-order valence-electron chi connectivity index (χ2n) is 5.96. The molecule has 1 aliphatic carbocycles. The molecule has 0 spiro atoms. The lowest BCUT2D eigenvalue weighted by atomic mass is 9.86. The summed E-state index contributed by atoms with van der Waals surface area (Å²) in [6.45, 7) is 0.988. The predicted octanol–water partition coefficient (Wildman–Crippen LogP) is 2.72. The lowest BCUT2D eigenvalue weighted by molar-refractivity contribution is -0.132. The molecule has 104 valence electrons. The Morgan fingerprint density at radius 2 is 1.89 bits per heavy atom. The number of rotatable bonds is 5. The summed E-state index contributed by atoms with van der Waals surface area (Å²) in [7, 11) is 0. The highest BCUT2D eigenvalue weighted by Crippen LogP contribution is 2.28. The summed E-state index contributed by atoms with van der Waals surface area (Å²) in [4.78, 5) is 14.0. The van der Waals surface area contributed by atoms with Crippen LogP contribution in [0.4, 0.5) is 0 Å². The van der Waals surface area contributed by atoms with E-state index < -0.39 is 0 Å². The minimum atomic E-state index is 0.104. The average Bonchev–Trinajstić information content (AvgIpc) is 2.88. The molecule has 0 unspecified atom stereocenters. The highest BCUT2D eigenvalue weighted by atomic mass is 16.3. The van der Waals surface area contributed by atoms with Gasteiger partial charge in [0.15, 0.2) is 0 Å². The Bertz CT molecular complexity index is 261. The third-order valence-electron chi connectivity index (χ3n) is 4.64. The topological polar surface area (TPSA) is 40.5 Å². The third kappa shape index (κ3) is 3.71. The van der Waals surface area contributed by atoms with Crippen LogP contribution in [0.3, 0.4) is 0 Å². The van der Waals surface area contributed by atoms with Crippen LogP contribution in [-0.4, -0.2) is 35.1 Å². The highest BCUT2D eigenvalue weighted by Gasteiger charge is 2.27. The zero-order chi connectivity index (χ0) is 12.8. The van der Waals surface area contributed by atoms with Gasteiger partial charge in [-0.05, 0) is 31.6 Å². The zero-order valence-corrected chi connectivity index (χ0v) is 11.4. The molecule has 2 rings (SSSR count). The summed E-state index contributed by atoms with van der Waals surface area (Å²) in [5.41, 5.74) is 0. The van der Waals surface area contributed by atoms with E-state index in [1.807, 2.05) is 4.90 Å². The molecule has 0 aromatic carbocycles. The van der Waals surface area contributed by atoms with Crippen LogP contribution in [0, 0.1) is 5.92 Å². The standard InChI is InChI=1S/C15H27NO2/c17-12-14-9-5-11-16(14)15(18)10-4-8-13-6-2-1-3-7-13/h13-14,17H,1-12H2/t14-/m1/s1. The summed E-state index contributed by atoms with van der Waals surface area (Å²) in [5.74, 6) is 1.14. The number of aliphatic hydroxyl groups excluding tert-OH is 1. The van der Waals surface area contributed by atoms with Gasteiger partial charge < -0.3 is 10.0 Å². The molecular formula is C15H27NO2. The summed E-state index contributed by atoms with van der Waals surface area (Å²) in [5, 5.41) is 9.22. The molecule has 2 aliphatic rings. The highest BCUT2D eigenvalue weighted by molar-refractivity contribution is 5.76. The number of hydrogen-bond donors (Lipinski definition) is 1. The lowest BCUT2D eigenvalue weighted by Gasteiger charge is -2.24. The molecule has 0 aromatic heterocycles. The van der Waals surface area contributed by atoms with Crippen LogP contribution in [-0.2, 0) is 4.79 Å². The summed E-state index contributed by atoms with van der Waals surface area (Å²) < 4.78 is 0. The van der Waals surface area contributed by atoms with Gasteiger partial charge in [0.1, 0.15) is 0 Å². The number of carbonyl (C=O) groups is 1. The first-order chi connectivity index (χ1) is 8.81. The molecule has 1 heterocycles. The van der Waals surface area contributed by atoms with Crippen molar-refractivity contribution in [3.8, 4) is 0 Å². The normalized spacial score (nSPS) is 25.6. The van der Waals surface area contributed by atoms with Gasteiger partial charge in [-0.25, -0.2) is 0 Å². The molecule has 1 aliphatic heterocycles. The van der Waals surface area contributed by atoms with Gasteiger partial charge in [0.05, 0.1) is 12.6 Å². The van der Waals surface area contributed by atoms with E-state index >= 15 is 0 Å². The van der Waals surface area contributed by atoms with Crippen molar-refractivity contribution in [2.24, 2.45) is 5.92 Å². The van der Waals surface area contributed by atoms with Gasteiger partial charge >= 0.3 is 0 Å². The molecule has 1 N–H and O–H groups in total. The number of nitrogens with zero attached hydrogens (tertiary/aromatic N) is 1. The molecule has 3 heteroatoms. The fourth-order valence-corrected chi connectivity index (χ4v) is 3.52. The van der Waals surface area contributed by atoms with Crippen LogP contribution in [0.5, 0.6) is 0 Å². The van der Waals surface area contributed by atoms with Gasteiger partial charge in [0.2, 0.25) is 5.91 Å². The van der Waals surface area contributed by atoms with Gasteiger partial charge in [0, 0.05) is 13.0 Å². The fourth-order valence-electron chi connectivity index (χ4n) is 3.52. The number of aliphatic hydroxyl groups is 1. The Labute approximate surface area is 111 Å². The van der Waals surface area contributed by atoms with E-state index in [-0.39, 0.29) is 18.6 Å². The van der Waals surface area contributed by atoms with Crippen LogP contribution in [0.2, 0.25) is 0 Å². The van der Waals surface area contributed by atoms with E-state index in [2.05, 4.69) is 0 Å². The maximum absolute atomic E-state index is 12.1. The minimum absolute atomic E-state index is 0.104. The molecule has 1 atom stereocenters. The second-order valence-corrected chi connectivity index (χ2v) is 5.96. The minimum Gasteiger partial charge on any atom is -0.394 e. The van der Waals surface area contributed by atoms with E-state index in [9.17, 15) is 9.90 Å². The molecule has 3 nitrogen and oxygen atoms in total. The van der Waals surface area contributed by atoms with Gasteiger partial charge in [-0.1, -0.05) is 32.1 Å². The third-order valence-corrected chi connectivity index (χ3v) is 4.64. The molecule has 1 amide bonds. The van der Waals surface area contributed by atoms with Crippen LogP contribution >= 0.6 is 0 Å². The zero-order valence-electron chi connectivity index (χ0n) is 11.4. The van der Waals surface area contributed by atoms with E-state index in [1.165, 1.54) is 38.5 Å². The largest absolute Gasteiger partial charge is 0.394 e. The lowest BCUT2D eigenvalue weighted by Crippen LogP contribution is -2.37. The van der Waals surface area contributed by atoms with Crippen molar-refractivity contribution in [2.75, 3.05) is 13.2 Å². The van der Waals surface area contributed by atoms with Crippen LogP contribution in [0.25, 0.3) is 0 Å². The second kappa shape index (κ2) is 7.13. The number of carbonyl (C=O) groups excluding carboxylic acids is 1. The van der Waals surface area contributed by atoms with E-state index in [4.69, 9.17) is 0 Å². The Balaban J connectivity index is 1.64. The molecule has 18 heavy (non-hydrogen) atoms. The van der Waals surface area contributed by atoms with Crippen molar-refractivity contribution in [1.29, 1.82) is 0 Å². The molecule has 0 aromatic rings. The van der Waals surface area contributed by atoms with Crippen molar-refractivity contribution in [1.82, 2.24) is 4.90 Å². The Morgan fingerprint density at radius 3 is 2.61 bits per heavy atom. The molecule has 1 saturated carbocycles. The monoisotopic (exact) mass is 253 g/mol. The first-order valence-electron chi connectivity index (χ1n) is 7.71. The molecule has 2 fully saturated rings. The maximum atomic E-state index is 12.1. The number of likely N-dealkylation sites (tertiary alicyclic amines) is 1. The average molecular weight is 253 g/mol. The molecular weight excluding hydrogens is 226 g/mol. The van der Waals surface area contributed by atoms with Crippen molar-refractivity contribution in [3.63, 3.8) is 0 Å². The van der Waals surface area contributed by atoms with Crippen molar-refractivity contribution in [2.45, 2.75) is 70.3 Å². The van der Waals surface area contributed by atoms with Crippen molar-refractivity contribution < 1.29 is 9.90 Å². The number of hydrogen-bond acceptors (Lipinski definition) is 2. The molecule has 0 radical (unpaired) electrons. The van der Waals surface area contributed by atoms with Gasteiger partial charge in [-0.3, -0.25) is 4.79 Å². The van der Waals surface area contributed by atoms with Crippen molar-refractivity contribution >= 4 is 5.91 Å². The van der Waals surface area contributed by atoms with Gasteiger partial charge in [-0.15, -0.1) is 0 Å². The molecule has 1 saturated heterocycles. The molecule has 0 bridgehead atoms. The van der Waals surface area contributed by atoms with Crippen LogP contribution < -0.4 is 0 Å². The summed E-state index contributed by atoms with van der Waals surface area (Å²) in [6, 6.07) is 0.104. The van der Waals surface area contributed by atoms with Gasteiger partial charge in [-0.2, -0.15) is 0 Å². The quantitative estimate of drug-likeness (QED) is 0.818. The van der Waals surface area contributed by atoms with E-state index in [1.54, 1.807) is 0 Å². The SMILES string of the molecule is O=C(CCCC1CCCCC1)N1CCC[C@@H]1CO. The summed E-state index contributed by atoms with van der Waals surface area (Å²) in [6.07, 6.45) is 11.9. The van der Waals surface area contributed by atoms with E-state index in [0.717, 1.165) is 31.7 Å². The smallest absolute Gasteiger partial charge is 0.222 e. The predicted molar refractivity (Wildman–Crippen MR) is 72.2 cm³/mol. The Kier molecular flexibility index (Phi) is 5.48. The first kappa shape index (κ1) is 13.9. The number of amides is 1. The fraction of sp³-hybridized carbons (Fsp3) is 0.933. The van der Waals surface area contributed by atoms with Crippen molar-refractivity contribution in [3.05, 3.63) is 0 Å². The first-order valence-corrected chi connectivity index (χ1v) is 7.71. The summed E-state index contributed by atoms with van der Waals surface area (Å²) >= 11 is 0. The van der Waals surface area contributed by atoms with Crippen LogP contribution in [0.1, 0.15) is 64.2 Å². The van der Waals surface area contributed by atoms with E-state index in [0.29, 0.717) is 6.42 Å². The Hall–Kier alpha value is -0.570. The maximum Gasteiger partial charge on any atom is 0.222 e. The van der Waals surface area contributed by atoms with Gasteiger partial charge in [0.25, 0.3) is 0 Å². The Morgan fingerprint density at radius 1 is 1.11 bits per heavy atom.